The van der Waals surface area contributed by atoms with E-state index in [2.05, 4.69) is 20.3 Å². The first-order valence-corrected chi connectivity index (χ1v) is 14.4. The molecule has 1 aliphatic rings. The van der Waals surface area contributed by atoms with Crippen molar-refractivity contribution in [2.24, 2.45) is 0 Å². The van der Waals surface area contributed by atoms with Crippen molar-refractivity contribution in [1.29, 1.82) is 0 Å². The molecule has 1 unspecified atom stereocenters. The number of rotatable bonds is 9. The zero-order valence-corrected chi connectivity index (χ0v) is 21.0. The van der Waals surface area contributed by atoms with E-state index in [1.54, 1.807) is 12.1 Å². The summed E-state index contributed by atoms with van der Waals surface area (Å²) in [4.78, 5) is 39.9. The summed E-state index contributed by atoms with van der Waals surface area (Å²) < 4.78 is 49.4. The molecular weight excluding hydrogens is 550 g/mol. The van der Waals surface area contributed by atoms with Gasteiger partial charge in [-0.15, -0.1) is 0 Å². The van der Waals surface area contributed by atoms with Crippen LogP contribution in [0.3, 0.4) is 0 Å². The third-order valence-electron chi connectivity index (χ3n) is 5.03. The normalized spacial score (nSPS) is 22.4. The lowest BCUT2D eigenvalue weighted by Crippen LogP contribution is -2.18. The Morgan fingerprint density at radius 1 is 1.23 bits per heavy atom. The van der Waals surface area contributed by atoms with E-state index < -0.39 is 46.2 Å². The Labute approximate surface area is 208 Å². The molecule has 4 rings (SSSR count). The van der Waals surface area contributed by atoms with Gasteiger partial charge < -0.3 is 29.3 Å². The number of ether oxygens (including phenoxy) is 1. The topological polar surface area (TPSA) is 169 Å². The van der Waals surface area contributed by atoms with E-state index in [1.165, 1.54) is 10.9 Å². The minimum atomic E-state index is -4.78. The van der Waals surface area contributed by atoms with Crippen molar-refractivity contribution in [3.05, 3.63) is 46.5 Å². The highest BCUT2D eigenvalue weighted by Gasteiger charge is 2.40. The zero-order valence-electron chi connectivity index (χ0n) is 17.7. The van der Waals surface area contributed by atoms with Gasteiger partial charge in [-0.3, -0.25) is 13.7 Å². The van der Waals surface area contributed by atoms with Crippen LogP contribution in [-0.2, 0) is 24.9 Å². The summed E-state index contributed by atoms with van der Waals surface area (Å²) in [5, 5.41) is 3.53. The monoisotopic (exact) mass is 569 g/mol. The Morgan fingerprint density at radius 3 is 2.69 bits per heavy atom. The number of fused-ring (bicyclic) bond motifs is 1. The molecule has 2 aromatic heterocycles. The molecule has 3 aromatic rings. The number of benzene rings is 1. The molecule has 0 spiro atoms. The first-order valence-electron chi connectivity index (χ1n) is 10.1. The highest BCUT2D eigenvalue weighted by atomic mass is 35.5. The molecule has 1 saturated heterocycles. The molecule has 0 amide bonds. The predicted molar refractivity (Wildman–Crippen MR) is 125 cm³/mol. The minimum Gasteiger partial charge on any atom is -0.364 e. The molecule has 1 fully saturated rings. The van der Waals surface area contributed by atoms with Crippen molar-refractivity contribution in [3.8, 4) is 0 Å². The zero-order chi connectivity index (χ0) is 25.4. The number of hydrogen-bond acceptors (Lipinski definition) is 8. The SMILES string of the molecule is O=P(O)(O)CP(=O)(O)OC[C@@H]1C[C@H](F)[C@H](n2cnc3c(NCc4ccccc4Cl)nc(Cl)nc32)O1. The third kappa shape index (κ3) is 6.56. The highest BCUT2D eigenvalue weighted by molar-refractivity contribution is 7.70. The van der Waals surface area contributed by atoms with Gasteiger partial charge in [0.2, 0.25) is 5.28 Å². The standard InChI is InChI=1S/C18H20Cl2FN5O7P2/c19-12-4-2-1-3-10(12)6-22-15-14-16(25-18(20)24-15)26(8-23-14)17-13(21)5-11(33-17)7-32-35(30,31)9-34(27,28)29/h1-4,8,11,13,17H,5-7,9H2,(H,30,31)(H,22,24,25)(H2,27,28,29)/t11-,13-,17+/m0/s1. The van der Waals surface area contributed by atoms with E-state index in [4.69, 9.17) is 42.2 Å². The molecule has 190 valence electrons. The van der Waals surface area contributed by atoms with Crippen LogP contribution in [-0.4, -0.2) is 59.0 Å². The maximum absolute atomic E-state index is 14.8. The van der Waals surface area contributed by atoms with Crippen LogP contribution in [0.4, 0.5) is 10.2 Å². The van der Waals surface area contributed by atoms with Gasteiger partial charge in [0.05, 0.1) is 19.0 Å². The molecule has 0 saturated carbocycles. The van der Waals surface area contributed by atoms with E-state index in [0.29, 0.717) is 22.9 Å². The Morgan fingerprint density at radius 2 is 1.97 bits per heavy atom. The molecule has 17 heteroatoms. The molecule has 3 heterocycles. The molecule has 12 nitrogen and oxygen atoms in total. The van der Waals surface area contributed by atoms with Crippen molar-refractivity contribution >= 4 is 55.4 Å². The fourth-order valence-electron chi connectivity index (χ4n) is 3.55. The molecule has 0 aliphatic carbocycles. The first-order chi connectivity index (χ1) is 16.4. The minimum absolute atomic E-state index is 0.118. The van der Waals surface area contributed by atoms with Gasteiger partial charge in [-0.2, -0.15) is 9.97 Å². The lowest BCUT2D eigenvalue weighted by Gasteiger charge is -2.18. The lowest BCUT2D eigenvalue weighted by atomic mass is 10.2. The van der Waals surface area contributed by atoms with Crippen LogP contribution in [0.2, 0.25) is 10.3 Å². The van der Waals surface area contributed by atoms with E-state index in [-0.39, 0.29) is 17.4 Å². The molecule has 4 N–H and O–H groups in total. The maximum Gasteiger partial charge on any atom is 0.340 e. The summed E-state index contributed by atoms with van der Waals surface area (Å²) in [5.41, 5.74) is 1.30. The number of hydrogen-bond donors (Lipinski definition) is 4. The van der Waals surface area contributed by atoms with Gasteiger partial charge in [0.15, 0.2) is 29.1 Å². The average Bonchev–Trinajstić information content (AvgIpc) is 3.32. The van der Waals surface area contributed by atoms with Crippen LogP contribution in [0.15, 0.2) is 30.6 Å². The molecular formula is C18H20Cl2FN5O7P2. The van der Waals surface area contributed by atoms with Crippen LogP contribution in [0, 0.1) is 0 Å². The van der Waals surface area contributed by atoms with Crippen LogP contribution < -0.4 is 5.32 Å². The van der Waals surface area contributed by atoms with Gasteiger partial charge in [-0.25, -0.2) is 9.37 Å². The molecule has 0 radical (unpaired) electrons. The summed E-state index contributed by atoms with van der Waals surface area (Å²) in [5.74, 6) is -1.05. The molecule has 35 heavy (non-hydrogen) atoms. The van der Waals surface area contributed by atoms with Gasteiger partial charge in [0.1, 0.15) is 6.17 Å². The summed E-state index contributed by atoms with van der Waals surface area (Å²) in [6.45, 7) is -0.229. The van der Waals surface area contributed by atoms with E-state index in [9.17, 15) is 18.4 Å². The van der Waals surface area contributed by atoms with Crippen LogP contribution in [0.5, 0.6) is 0 Å². The smallest absolute Gasteiger partial charge is 0.340 e. The van der Waals surface area contributed by atoms with Crippen LogP contribution in [0.25, 0.3) is 11.2 Å². The fourth-order valence-corrected chi connectivity index (χ4v) is 6.50. The highest BCUT2D eigenvalue weighted by Crippen LogP contribution is 2.55. The van der Waals surface area contributed by atoms with Gasteiger partial charge >= 0.3 is 15.2 Å². The quantitative estimate of drug-likeness (QED) is 0.219. The maximum atomic E-state index is 14.8. The second-order valence-corrected chi connectivity index (χ2v) is 12.5. The second-order valence-electron chi connectivity index (χ2n) is 7.75. The number of alkyl halides is 1. The summed E-state index contributed by atoms with van der Waals surface area (Å²) in [6.07, 6.45) is -2.61. The van der Waals surface area contributed by atoms with E-state index in [1.807, 2.05) is 12.1 Å². The van der Waals surface area contributed by atoms with Crippen molar-refractivity contribution < 1.29 is 37.5 Å². The summed E-state index contributed by atoms with van der Waals surface area (Å²) >= 11 is 12.3. The number of nitrogens with one attached hydrogen (secondary N) is 1. The average molecular weight is 570 g/mol. The summed E-state index contributed by atoms with van der Waals surface area (Å²) in [7, 11) is -9.38. The molecule has 4 atom stereocenters. The fraction of sp³-hybridized carbons (Fsp3) is 0.389. The molecule has 1 aliphatic heterocycles. The van der Waals surface area contributed by atoms with Gasteiger partial charge in [-0.1, -0.05) is 29.8 Å². The van der Waals surface area contributed by atoms with Crippen LogP contribution >= 0.6 is 38.4 Å². The van der Waals surface area contributed by atoms with Crippen molar-refractivity contribution in [1.82, 2.24) is 19.5 Å². The number of anilines is 1. The predicted octanol–water partition coefficient (Wildman–Crippen LogP) is 3.71. The number of aromatic nitrogens is 4. The number of nitrogens with zero attached hydrogens (tertiary/aromatic N) is 4. The number of imidazole rings is 1. The van der Waals surface area contributed by atoms with Crippen LogP contribution in [0.1, 0.15) is 18.2 Å². The van der Waals surface area contributed by atoms with Crippen molar-refractivity contribution in [2.45, 2.75) is 31.5 Å². The van der Waals surface area contributed by atoms with E-state index in [0.717, 1.165) is 5.56 Å². The van der Waals surface area contributed by atoms with Gasteiger partial charge in [-0.05, 0) is 23.2 Å². The Kier molecular flexibility index (Phi) is 7.82. The van der Waals surface area contributed by atoms with Gasteiger partial charge in [0.25, 0.3) is 0 Å². The largest absolute Gasteiger partial charge is 0.364 e. The van der Waals surface area contributed by atoms with Gasteiger partial charge in [0, 0.05) is 18.0 Å². The first kappa shape index (κ1) is 26.4. The van der Waals surface area contributed by atoms with E-state index >= 15 is 0 Å². The number of halogens is 3. The summed E-state index contributed by atoms with van der Waals surface area (Å²) in [6, 6.07) is 7.22. The van der Waals surface area contributed by atoms with Crippen molar-refractivity contribution in [3.63, 3.8) is 0 Å². The molecule has 0 bridgehead atoms. The Bertz CT molecular complexity index is 1330. The second kappa shape index (κ2) is 10.4. The Hall–Kier alpha value is -1.66. The third-order valence-corrected chi connectivity index (χ3v) is 9.02. The van der Waals surface area contributed by atoms with Crippen molar-refractivity contribution in [2.75, 3.05) is 17.8 Å². The Balaban J connectivity index is 1.49. The lowest BCUT2D eigenvalue weighted by molar-refractivity contribution is -0.0324. The molecule has 1 aromatic carbocycles.